The van der Waals surface area contributed by atoms with E-state index >= 15 is 0 Å². The van der Waals surface area contributed by atoms with Crippen LogP contribution in [-0.4, -0.2) is 22.6 Å². The third-order valence-electron chi connectivity index (χ3n) is 6.26. The molecule has 0 radical (unpaired) electrons. The highest BCUT2D eigenvalue weighted by Crippen LogP contribution is 2.41. The van der Waals surface area contributed by atoms with Crippen molar-refractivity contribution in [2.45, 2.75) is 24.9 Å². The molecular formula is C29H23F3N4O3. The van der Waals surface area contributed by atoms with E-state index in [4.69, 9.17) is 4.74 Å². The largest absolute Gasteiger partial charge is 0.457 e. The second kappa shape index (κ2) is 10.5. The highest BCUT2D eigenvalue weighted by atomic mass is 19.4. The zero-order valence-corrected chi connectivity index (χ0v) is 20.5. The molecule has 0 spiro atoms. The van der Waals surface area contributed by atoms with Crippen LogP contribution < -0.4 is 20.3 Å². The Morgan fingerprint density at radius 3 is 2.38 bits per heavy atom. The quantitative estimate of drug-likeness (QED) is 0.330. The number of aromatic nitrogens is 1. The Bertz CT molecular complexity index is 1480. The number of anilines is 2. The van der Waals surface area contributed by atoms with Crippen LogP contribution in [0.1, 0.15) is 16.7 Å². The molecule has 7 nitrogen and oxygen atoms in total. The summed E-state index contributed by atoms with van der Waals surface area (Å²) in [5, 5.41) is 5.39. The van der Waals surface area contributed by atoms with Crippen LogP contribution in [0.25, 0.3) is 0 Å². The summed E-state index contributed by atoms with van der Waals surface area (Å²) in [5.41, 5.74) is -0.999. The maximum absolute atomic E-state index is 13.9. The Labute approximate surface area is 222 Å². The highest BCUT2D eigenvalue weighted by Gasteiger charge is 2.55. The van der Waals surface area contributed by atoms with Gasteiger partial charge in [0.2, 0.25) is 0 Å². The predicted molar refractivity (Wildman–Crippen MR) is 139 cm³/mol. The van der Waals surface area contributed by atoms with Crippen molar-refractivity contribution >= 4 is 23.3 Å². The second-order valence-electron chi connectivity index (χ2n) is 8.89. The number of pyridine rings is 1. The van der Waals surface area contributed by atoms with Gasteiger partial charge < -0.3 is 15.4 Å². The molecule has 1 atom stereocenters. The number of nitrogens with one attached hydrogen (secondary N) is 2. The van der Waals surface area contributed by atoms with Crippen LogP contribution in [0.2, 0.25) is 0 Å². The minimum atomic E-state index is -4.59. The average molecular weight is 533 g/mol. The number of rotatable bonds is 6. The van der Waals surface area contributed by atoms with E-state index in [0.717, 1.165) is 22.6 Å². The summed E-state index contributed by atoms with van der Waals surface area (Å²) in [7, 11) is 0. The third-order valence-corrected chi connectivity index (χ3v) is 6.26. The van der Waals surface area contributed by atoms with Gasteiger partial charge in [-0.25, -0.2) is 9.69 Å². The molecule has 0 bridgehead atoms. The zero-order valence-electron chi connectivity index (χ0n) is 20.5. The maximum Gasteiger partial charge on any atom is 0.416 e. The number of ether oxygens (including phenoxy) is 1. The first kappa shape index (κ1) is 25.8. The minimum absolute atomic E-state index is 0.00211. The first-order chi connectivity index (χ1) is 18.8. The van der Waals surface area contributed by atoms with Gasteiger partial charge in [-0.05, 0) is 47.5 Å². The van der Waals surface area contributed by atoms with Crippen LogP contribution in [0.5, 0.6) is 5.75 Å². The number of amides is 3. The van der Waals surface area contributed by atoms with Crippen molar-refractivity contribution in [3.63, 3.8) is 0 Å². The molecule has 4 aromatic rings. The molecule has 5 rings (SSSR count). The van der Waals surface area contributed by atoms with E-state index in [0.29, 0.717) is 11.3 Å². The van der Waals surface area contributed by atoms with Crippen LogP contribution in [0, 0.1) is 0 Å². The zero-order chi connectivity index (χ0) is 27.5. The van der Waals surface area contributed by atoms with E-state index in [1.54, 1.807) is 36.4 Å². The molecule has 39 heavy (non-hydrogen) atoms. The molecular weight excluding hydrogens is 509 g/mol. The molecule has 1 unspecified atom stereocenters. The number of hydrogen-bond donors (Lipinski definition) is 2. The van der Waals surface area contributed by atoms with Gasteiger partial charge in [-0.15, -0.1) is 0 Å². The number of benzene rings is 3. The van der Waals surface area contributed by atoms with Gasteiger partial charge in [0.15, 0.2) is 0 Å². The number of hydrogen-bond acceptors (Lipinski definition) is 4. The van der Waals surface area contributed by atoms with Crippen LogP contribution in [0.4, 0.5) is 29.3 Å². The normalized spacial score (nSPS) is 16.3. The van der Waals surface area contributed by atoms with Crippen LogP contribution in [0.15, 0.2) is 103 Å². The van der Waals surface area contributed by atoms with Crippen molar-refractivity contribution in [2.24, 2.45) is 0 Å². The predicted octanol–water partition coefficient (Wildman–Crippen LogP) is 5.79. The monoisotopic (exact) mass is 532 g/mol. The lowest BCUT2D eigenvalue weighted by molar-refractivity contribution is -0.137. The number of fused-ring (bicyclic) bond motifs is 1. The Morgan fingerprint density at radius 1 is 0.923 bits per heavy atom. The second-order valence-corrected chi connectivity index (χ2v) is 8.89. The number of carbonyl (C=O) groups is 2. The van der Waals surface area contributed by atoms with Crippen molar-refractivity contribution in [1.29, 1.82) is 0 Å². The Morgan fingerprint density at radius 2 is 1.64 bits per heavy atom. The van der Waals surface area contributed by atoms with Crippen molar-refractivity contribution in [2.75, 3.05) is 10.2 Å². The van der Waals surface area contributed by atoms with Crippen LogP contribution >= 0.6 is 0 Å². The molecule has 10 heteroatoms. The average Bonchev–Trinajstić information content (AvgIpc) is 3.27. The molecule has 0 saturated carbocycles. The smallest absolute Gasteiger partial charge is 0.416 e. The molecule has 1 aromatic heterocycles. The van der Waals surface area contributed by atoms with Crippen molar-refractivity contribution in [1.82, 2.24) is 10.3 Å². The summed E-state index contributed by atoms with van der Waals surface area (Å²) >= 11 is 0. The van der Waals surface area contributed by atoms with E-state index in [1.165, 1.54) is 24.5 Å². The van der Waals surface area contributed by atoms with E-state index in [2.05, 4.69) is 15.6 Å². The lowest BCUT2D eigenvalue weighted by Gasteiger charge is -2.37. The highest BCUT2D eigenvalue weighted by molar-refractivity contribution is 6.10. The Kier molecular flexibility index (Phi) is 6.93. The maximum atomic E-state index is 13.9. The molecule has 1 aliphatic heterocycles. The van der Waals surface area contributed by atoms with Gasteiger partial charge in [-0.3, -0.25) is 9.78 Å². The number of alkyl halides is 3. The van der Waals surface area contributed by atoms with E-state index in [-0.39, 0.29) is 24.4 Å². The molecule has 3 amide bonds. The van der Waals surface area contributed by atoms with Gasteiger partial charge in [0.05, 0.1) is 11.3 Å². The van der Waals surface area contributed by atoms with Gasteiger partial charge in [0.25, 0.3) is 11.6 Å². The molecule has 2 N–H and O–H groups in total. The minimum Gasteiger partial charge on any atom is -0.457 e. The SMILES string of the molecule is O=C(Nc1cccc(C(F)(F)F)c1)N1c2ccccc2CC1(Oc1ccncc1)C(=O)NCc1ccccc1. The summed E-state index contributed by atoms with van der Waals surface area (Å²) in [6.45, 7) is 0.167. The number of urea groups is 1. The molecule has 0 aliphatic carbocycles. The van der Waals surface area contributed by atoms with Crippen molar-refractivity contribution in [3.8, 4) is 5.75 Å². The third kappa shape index (κ3) is 5.40. The standard InChI is InChI=1S/C29H23F3N4O3/c30-29(31,32)22-10-6-11-23(17-22)35-27(38)36-25-12-5-4-9-21(25)18-28(36,39-24-13-15-33-16-14-24)26(37)34-19-20-7-2-1-3-8-20/h1-17H,18-19H2,(H,34,37)(H,35,38). The summed E-state index contributed by atoms with van der Waals surface area (Å²) in [6, 6.07) is 22.7. The van der Waals surface area contributed by atoms with E-state index in [9.17, 15) is 22.8 Å². The van der Waals surface area contributed by atoms with Gasteiger partial charge in [-0.2, -0.15) is 13.2 Å². The van der Waals surface area contributed by atoms with Gasteiger partial charge in [-0.1, -0.05) is 54.6 Å². The molecule has 0 fully saturated rings. The molecule has 2 heterocycles. The number of nitrogens with zero attached hydrogens (tertiary/aromatic N) is 2. The topological polar surface area (TPSA) is 83.6 Å². The lowest BCUT2D eigenvalue weighted by Crippen LogP contribution is -2.64. The fraction of sp³-hybridized carbons (Fsp3) is 0.138. The summed E-state index contributed by atoms with van der Waals surface area (Å²) < 4.78 is 46.2. The first-order valence-corrected chi connectivity index (χ1v) is 12.0. The van der Waals surface area contributed by atoms with Gasteiger partial charge in [0, 0.05) is 31.0 Å². The van der Waals surface area contributed by atoms with E-state index in [1.807, 2.05) is 30.3 Å². The summed E-state index contributed by atoms with van der Waals surface area (Å²) in [6.07, 6.45) is -1.62. The number of halogens is 3. The van der Waals surface area contributed by atoms with Crippen LogP contribution in [0.3, 0.4) is 0 Å². The van der Waals surface area contributed by atoms with Crippen molar-refractivity contribution < 1.29 is 27.5 Å². The number of para-hydroxylation sites is 1. The Hall–Kier alpha value is -4.86. The fourth-order valence-electron chi connectivity index (χ4n) is 4.46. The van der Waals surface area contributed by atoms with Gasteiger partial charge in [0.1, 0.15) is 5.75 Å². The van der Waals surface area contributed by atoms with Gasteiger partial charge >= 0.3 is 12.2 Å². The Balaban J connectivity index is 1.54. The van der Waals surface area contributed by atoms with Crippen molar-refractivity contribution in [3.05, 3.63) is 120 Å². The molecule has 3 aromatic carbocycles. The molecule has 198 valence electrons. The van der Waals surface area contributed by atoms with Crippen LogP contribution in [-0.2, 0) is 23.9 Å². The lowest BCUT2D eigenvalue weighted by atomic mass is 10.1. The van der Waals surface area contributed by atoms with E-state index < -0.39 is 29.4 Å². The molecule has 0 saturated heterocycles. The fourth-order valence-corrected chi connectivity index (χ4v) is 4.46. The molecule has 1 aliphatic rings. The number of carbonyl (C=O) groups excluding carboxylic acids is 2. The first-order valence-electron chi connectivity index (χ1n) is 12.0. The summed E-state index contributed by atoms with van der Waals surface area (Å²) in [4.78, 5) is 32.9. The summed E-state index contributed by atoms with van der Waals surface area (Å²) in [5.74, 6) is -0.317.